The van der Waals surface area contributed by atoms with E-state index in [9.17, 15) is 4.39 Å². The van der Waals surface area contributed by atoms with Crippen LogP contribution in [0.1, 0.15) is 35.8 Å². The fourth-order valence-corrected chi connectivity index (χ4v) is 3.80. The first-order valence-corrected chi connectivity index (χ1v) is 10.0. The van der Waals surface area contributed by atoms with Gasteiger partial charge in [0.1, 0.15) is 17.3 Å². The molecule has 1 fully saturated rings. The van der Waals surface area contributed by atoms with Crippen molar-refractivity contribution in [3.63, 3.8) is 0 Å². The van der Waals surface area contributed by atoms with Gasteiger partial charge in [-0.1, -0.05) is 12.1 Å². The first kappa shape index (κ1) is 19.5. The van der Waals surface area contributed by atoms with Gasteiger partial charge in [0.15, 0.2) is 0 Å². The van der Waals surface area contributed by atoms with Crippen molar-refractivity contribution in [3.05, 3.63) is 77.4 Å². The van der Waals surface area contributed by atoms with Gasteiger partial charge in [0, 0.05) is 18.7 Å². The monoisotopic (exact) mass is 395 g/mol. The molecular weight excluding hydrogens is 369 g/mol. The average Bonchev–Trinajstić information content (AvgIpc) is 3.39. The molecule has 1 aliphatic heterocycles. The molecule has 1 aliphatic rings. The zero-order valence-electron chi connectivity index (χ0n) is 16.6. The number of hydrogen-bond donors (Lipinski definition) is 1. The highest BCUT2D eigenvalue weighted by Gasteiger charge is 2.28. The number of methoxy groups -OCH3 is 1. The van der Waals surface area contributed by atoms with E-state index in [1.54, 1.807) is 19.2 Å². The summed E-state index contributed by atoms with van der Waals surface area (Å²) in [6.07, 6.45) is 3.03. The van der Waals surface area contributed by atoms with Crippen LogP contribution in [0.5, 0.6) is 11.5 Å². The molecule has 0 bridgehead atoms. The molecule has 29 heavy (non-hydrogen) atoms. The van der Waals surface area contributed by atoms with Crippen LogP contribution in [-0.2, 0) is 13.0 Å². The Morgan fingerprint density at radius 3 is 2.62 bits per heavy atom. The molecular formula is C23H26FN3O2. The van der Waals surface area contributed by atoms with E-state index in [4.69, 9.17) is 9.47 Å². The summed E-state index contributed by atoms with van der Waals surface area (Å²) in [6, 6.07) is 16.8. The first-order valence-electron chi connectivity index (χ1n) is 10.0. The van der Waals surface area contributed by atoms with Crippen LogP contribution in [0.4, 0.5) is 4.39 Å². The van der Waals surface area contributed by atoms with Crippen LogP contribution in [0.15, 0.2) is 54.6 Å². The zero-order valence-corrected chi connectivity index (χ0v) is 16.6. The number of ether oxygens (including phenoxy) is 2. The minimum absolute atomic E-state index is 0.258. The van der Waals surface area contributed by atoms with Crippen LogP contribution in [0.3, 0.4) is 0 Å². The Kier molecular flexibility index (Phi) is 6.10. The second-order valence-electron chi connectivity index (χ2n) is 7.35. The Labute approximate surface area is 170 Å². The highest BCUT2D eigenvalue weighted by Crippen LogP contribution is 2.32. The van der Waals surface area contributed by atoms with Gasteiger partial charge in [-0.05, 0) is 67.4 Å². The molecule has 2 heterocycles. The van der Waals surface area contributed by atoms with E-state index in [0.717, 1.165) is 43.1 Å². The first-order chi connectivity index (χ1) is 14.2. The van der Waals surface area contributed by atoms with Crippen molar-refractivity contribution in [2.75, 3.05) is 20.3 Å². The van der Waals surface area contributed by atoms with Gasteiger partial charge < -0.3 is 9.47 Å². The van der Waals surface area contributed by atoms with Gasteiger partial charge >= 0.3 is 0 Å². The number of likely N-dealkylation sites (tertiary alicyclic amines) is 1. The third-order valence-electron chi connectivity index (χ3n) is 5.35. The fourth-order valence-electron chi connectivity index (χ4n) is 3.80. The van der Waals surface area contributed by atoms with E-state index >= 15 is 0 Å². The topological polar surface area (TPSA) is 50.4 Å². The van der Waals surface area contributed by atoms with Gasteiger partial charge in [0.25, 0.3) is 0 Å². The van der Waals surface area contributed by atoms with E-state index in [2.05, 4.69) is 33.3 Å². The average molecular weight is 395 g/mol. The number of aromatic nitrogens is 2. The number of rotatable bonds is 8. The Hall–Kier alpha value is -2.86. The Bertz CT molecular complexity index is 909. The van der Waals surface area contributed by atoms with E-state index in [-0.39, 0.29) is 5.82 Å². The molecule has 3 aromatic rings. The van der Waals surface area contributed by atoms with Crippen LogP contribution in [-0.4, -0.2) is 35.4 Å². The second-order valence-corrected chi connectivity index (χ2v) is 7.35. The van der Waals surface area contributed by atoms with Gasteiger partial charge in [-0.3, -0.25) is 10.00 Å². The molecule has 5 nitrogen and oxygen atoms in total. The molecule has 1 saturated heterocycles. The van der Waals surface area contributed by atoms with Crippen LogP contribution in [0.2, 0.25) is 0 Å². The van der Waals surface area contributed by atoms with Crippen molar-refractivity contribution >= 4 is 0 Å². The van der Waals surface area contributed by atoms with Gasteiger partial charge in [-0.15, -0.1) is 0 Å². The van der Waals surface area contributed by atoms with Crippen LogP contribution in [0.25, 0.3) is 0 Å². The SMILES string of the molecule is COc1ccc(CN2CCCC2c2cc(CCOc3ccc(F)cc3)[nH]n2)cc1. The lowest BCUT2D eigenvalue weighted by Crippen LogP contribution is -2.23. The lowest BCUT2D eigenvalue weighted by molar-refractivity contribution is 0.244. The largest absolute Gasteiger partial charge is 0.497 e. The molecule has 0 radical (unpaired) electrons. The molecule has 6 heteroatoms. The van der Waals surface area contributed by atoms with Gasteiger partial charge in [0.05, 0.1) is 25.5 Å². The van der Waals surface area contributed by atoms with Gasteiger partial charge in [-0.25, -0.2) is 4.39 Å². The quantitative estimate of drug-likeness (QED) is 0.609. The van der Waals surface area contributed by atoms with E-state index < -0.39 is 0 Å². The fraction of sp³-hybridized carbons (Fsp3) is 0.348. The lowest BCUT2D eigenvalue weighted by Gasteiger charge is -2.23. The van der Waals surface area contributed by atoms with Crippen molar-refractivity contribution in [1.82, 2.24) is 15.1 Å². The lowest BCUT2D eigenvalue weighted by atomic mass is 10.1. The standard InChI is InChI=1S/C23H26FN3O2/c1-28-20-8-4-17(5-9-20)16-27-13-2-3-23(27)22-15-19(25-26-22)12-14-29-21-10-6-18(24)7-11-21/h4-11,15,23H,2-3,12-14,16H2,1H3,(H,25,26). The predicted octanol–water partition coefficient (Wildman–Crippen LogP) is 4.52. The van der Waals surface area contributed by atoms with Gasteiger partial charge in [-0.2, -0.15) is 5.10 Å². The molecule has 0 saturated carbocycles. The van der Waals surface area contributed by atoms with Gasteiger partial charge in [0.2, 0.25) is 0 Å². The summed E-state index contributed by atoms with van der Waals surface area (Å²) in [5.41, 5.74) is 3.42. The van der Waals surface area contributed by atoms with Crippen molar-refractivity contribution in [1.29, 1.82) is 0 Å². The van der Waals surface area contributed by atoms with Crippen LogP contribution >= 0.6 is 0 Å². The Morgan fingerprint density at radius 2 is 1.86 bits per heavy atom. The molecule has 152 valence electrons. The number of hydrogen-bond acceptors (Lipinski definition) is 4. The van der Waals surface area contributed by atoms with Crippen LogP contribution < -0.4 is 9.47 Å². The maximum absolute atomic E-state index is 12.9. The van der Waals surface area contributed by atoms with E-state index in [0.29, 0.717) is 18.4 Å². The molecule has 1 aromatic heterocycles. The van der Waals surface area contributed by atoms with Crippen molar-refractivity contribution in [3.8, 4) is 11.5 Å². The zero-order chi connectivity index (χ0) is 20.1. The molecule has 1 unspecified atom stereocenters. The summed E-state index contributed by atoms with van der Waals surface area (Å²) in [5, 5.41) is 7.71. The highest BCUT2D eigenvalue weighted by molar-refractivity contribution is 5.27. The highest BCUT2D eigenvalue weighted by atomic mass is 19.1. The minimum atomic E-state index is -0.258. The normalized spacial score (nSPS) is 16.8. The number of H-pyrrole nitrogens is 1. The number of nitrogens with zero attached hydrogens (tertiary/aromatic N) is 2. The molecule has 0 spiro atoms. The number of aromatic amines is 1. The summed E-state index contributed by atoms with van der Waals surface area (Å²) in [4.78, 5) is 2.48. The molecule has 1 N–H and O–H groups in total. The Balaban J connectivity index is 1.32. The molecule has 0 amide bonds. The maximum atomic E-state index is 12.9. The van der Waals surface area contributed by atoms with E-state index in [1.807, 2.05) is 12.1 Å². The summed E-state index contributed by atoms with van der Waals surface area (Å²) < 4.78 is 23.9. The molecule has 0 aliphatic carbocycles. The predicted molar refractivity (Wildman–Crippen MR) is 110 cm³/mol. The van der Waals surface area contributed by atoms with Crippen molar-refractivity contribution in [2.24, 2.45) is 0 Å². The number of benzene rings is 2. The van der Waals surface area contributed by atoms with Crippen molar-refractivity contribution in [2.45, 2.75) is 31.8 Å². The minimum Gasteiger partial charge on any atom is -0.497 e. The third-order valence-corrected chi connectivity index (χ3v) is 5.35. The molecule has 1 atom stereocenters. The summed E-state index contributed by atoms with van der Waals surface area (Å²) in [6.45, 7) is 2.50. The Morgan fingerprint density at radius 1 is 1.10 bits per heavy atom. The second kappa shape index (κ2) is 9.09. The van der Waals surface area contributed by atoms with Crippen LogP contribution in [0, 0.1) is 5.82 Å². The summed E-state index contributed by atoms with van der Waals surface area (Å²) >= 11 is 0. The third kappa shape index (κ3) is 4.95. The van der Waals surface area contributed by atoms with Crippen molar-refractivity contribution < 1.29 is 13.9 Å². The van der Waals surface area contributed by atoms with E-state index in [1.165, 1.54) is 24.1 Å². The number of nitrogens with one attached hydrogen (secondary N) is 1. The maximum Gasteiger partial charge on any atom is 0.123 e. The summed E-state index contributed by atoms with van der Waals surface area (Å²) in [7, 11) is 1.69. The summed E-state index contributed by atoms with van der Waals surface area (Å²) in [5.74, 6) is 1.30. The number of halogens is 1. The smallest absolute Gasteiger partial charge is 0.123 e. The molecule has 4 rings (SSSR count). The molecule has 2 aromatic carbocycles.